The number of thioether (sulfide) groups is 1. The molecule has 0 saturated carbocycles. The smallest absolute Gasteiger partial charge is 0.320 e. The van der Waals surface area contributed by atoms with Gasteiger partial charge in [-0.15, -0.1) is 0 Å². The maximum absolute atomic E-state index is 12.5. The molecule has 2 heterocycles. The Labute approximate surface area is 116 Å². The van der Waals surface area contributed by atoms with Crippen LogP contribution in [0.1, 0.15) is 19.3 Å². The average molecular weight is 288 g/mol. The van der Waals surface area contributed by atoms with Gasteiger partial charge in [0.25, 0.3) is 0 Å². The van der Waals surface area contributed by atoms with Gasteiger partial charge < -0.3 is 20.0 Å². The normalized spacial score (nSPS) is 27.6. The van der Waals surface area contributed by atoms with Crippen molar-refractivity contribution in [2.75, 3.05) is 31.2 Å². The number of nitrogens with zero attached hydrogens (tertiary/aromatic N) is 2. The molecule has 2 atom stereocenters. The summed E-state index contributed by atoms with van der Waals surface area (Å²) in [5.41, 5.74) is 0. The fourth-order valence-electron chi connectivity index (χ4n) is 2.72. The molecule has 0 spiro atoms. The second-order valence-electron chi connectivity index (χ2n) is 4.97. The number of aliphatic hydroxyl groups excluding tert-OH is 1. The summed E-state index contributed by atoms with van der Waals surface area (Å²) in [6, 6.07) is -0.445. The molecule has 2 fully saturated rings. The first kappa shape index (κ1) is 14.5. The molecular weight excluding hydrogens is 268 g/mol. The van der Waals surface area contributed by atoms with Gasteiger partial charge in [0, 0.05) is 24.6 Å². The van der Waals surface area contributed by atoms with Gasteiger partial charge in [-0.3, -0.25) is 4.79 Å². The molecule has 7 heteroatoms. The van der Waals surface area contributed by atoms with Crippen molar-refractivity contribution in [1.82, 2.24) is 9.80 Å². The zero-order valence-electron chi connectivity index (χ0n) is 10.8. The minimum atomic E-state index is -0.870. The third kappa shape index (κ3) is 3.33. The van der Waals surface area contributed by atoms with Crippen molar-refractivity contribution in [1.29, 1.82) is 0 Å². The molecule has 0 aromatic carbocycles. The first-order valence-electron chi connectivity index (χ1n) is 6.61. The Hall–Kier alpha value is -0.950. The van der Waals surface area contributed by atoms with Crippen LogP contribution in [0.25, 0.3) is 0 Å². The molecule has 108 valence electrons. The fourth-order valence-corrected chi connectivity index (χ4v) is 3.78. The Morgan fingerprint density at radius 1 is 1.21 bits per heavy atom. The monoisotopic (exact) mass is 288 g/mol. The third-order valence-electron chi connectivity index (χ3n) is 3.72. The average Bonchev–Trinajstić information content (AvgIpc) is 2.86. The third-order valence-corrected chi connectivity index (χ3v) is 4.81. The molecule has 0 radical (unpaired) electrons. The number of rotatable bonds is 3. The van der Waals surface area contributed by atoms with Crippen molar-refractivity contribution in [2.24, 2.45) is 0 Å². The van der Waals surface area contributed by atoms with Crippen molar-refractivity contribution in [3.8, 4) is 0 Å². The Bertz CT molecular complexity index is 353. The molecule has 6 nitrogen and oxygen atoms in total. The molecule has 0 aromatic heterocycles. The van der Waals surface area contributed by atoms with Crippen LogP contribution in [0.3, 0.4) is 0 Å². The van der Waals surface area contributed by atoms with Gasteiger partial charge in [-0.25, -0.2) is 4.79 Å². The fraction of sp³-hybridized carbons (Fsp3) is 0.833. The first-order valence-corrected chi connectivity index (χ1v) is 7.76. The first-order chi connectivity index (χ1) is 9.13. The molecule has 2 N–H and O–H groups in total. The van der Waals surface area contributed by atoms with Gasteiger partial charge in [0.2, 0.25) is 0 Å². The van der Waals surface area contributed by atoms with E-state index in [1.54, 1.807) is 21.6 Å². The van der Waals surface area contributed by atoms with E-state index in [1.165, 1.54) is 0 Å². The second-order valence-corrected chi connectivity index (χ2v) is 6.12. The number of aliphatic carboxylic acids is 1. The molecule has 0 bridgehead atoms. The molecular formula is C12H20N2O4S. The van der Waals surface area contributed by atoms with Crippen LogP contribution < -0.4 is 0 Å². The SMILES string of the molecule is O=C(O)CC1CSCCN1C(=O)N1CCCC1CO. The number of amides is 2. The van der Waals surface area contributed by atoms with Crippen molar-refractivity contribution in [3.05, 3.63) is 0 Å². The summed E-state index contributed by atoms with van der Waals surface area (Å²) in [5, 5.41) is 18.2. The predicted molar refractivity (Wildman–Crippen MR) is 72.3 cm³/mol. The van der Waals surface area contributed by atoms with Crippen LogP contribution in [0, 0.1) is 0 Å². The standard InChI is InChI=1S/C12H20N2O4S/c15-7-9-2-1-3-13(9)12(18)14-4-5-19-8-10(14)6-11(16)17/h9-10,15H,1-8H2,(H,16,17). The predicted octanol–water partition coefficient (Wildman–Crippen LogP) is 0.455. The number of hydrogen-bond acceptors (Lipinski definition) is 4. The number of likely N-dealkylation sites (tertiary alicyclic amines) is 1. The van der Waals surface area contributed by atoms with Gasteiger partial charge in [0.05, 0.1) is 25.1 Å². The number of urea groups is 1. The van der Waals surface area contributed by atoms with E-state index in [0.717, 1.165) is 18.6 Å². The zero-order chi connectivity index (χ0) is 13.8. The topological polar surface area (TPSA) is 81.1 Å². The van der Waals surface area contributed by atoms with E-state index >= 15 is 0 Å². The molecule has 0 aliphatic carbocycles. The number of carboxylic acids is 1. The van der Waals surface area contributed by atoms with Crippen LogP contribution >= 0.6 is 11.8 Å². The summed E-state index contributed by atoms with van der Waals surface area (Å²) in [6.45, 7) is 1.24. The molecule has 2 amide bonds. The molecule has 2 aliphatic rings. The molecule has 2 saturated heterocycles. The van der Waals surface area contributed by atoms with Crippen molar-refractivity contribution in [3.63, 3.8) is 0 Å². The maximum Gasteiger partial charge on any atom is 0.320 e. The Kier molecular flexibility index (Phi) is 4.93. The van der Waals surface area contributed by atoms with E-state index in [0.29, 0.717) is 18.8 Å². The molecule has 19 heavy (non-hydrogen) atoms. The van der Waals surface area contributed by atoms with Gasteiger partial charge in [-0.2, -0.15) is 11.8 Å². The van der Waals surface area contributed by atoms with Crippen LogP contribution in [0.2, 0.25) is 0 Å². The summed E-state index contributed by atoms with van der Waals surface area (Å²) in [7, 11) is 0. The van der Waals surface area contributed by atoms with Crippen LogP contribution in [-0.2, 0) is 4.79 Å². The molecule has 2 aliphatic heterocycles. The zero-order valence-corrected chi connectivity index (χ0v) is 11.6. The summed E-state index contributed by atoms with van der Waals surface area (Å²) >= 11 is 1.69. The summed E-state index contributed by atoms with van der Waals surface area (Å²) in [5.74, 6) is 0.653. The van der Waals surface area contributed by atoms with Crippen LogP contribution in [0.5, 0.6) is 0 Å². The van der Waals surface area contributed by atoms with Gasteiger partial charge >= 0.3 is 12.0 Å². The van der Waals surface area contributed by atoms with E-state index < -0.39 is 5.97 Å². The quantitative estimate of drug-likeness (QED) is 0.788. The number of carboxylic acid groups (broad SMARTS) is 1. The lowest BCUT2D eigenvalue weighted by molar-refractivity contribution is -0.138. The lowest BCUT2D eigenvalue weighted by Gasteiger charge is -2.38. The van der Waals surface area contributed by atoms with Gasteiger partial charge in [-0.05, 0) is 12.8 Å². The minimum Gasteiger partial charge on any atom is -0.481 e. The van der Waals surface area contributed by atoms with Gasteiger partial charge in [0.1, 0.15) is 0 Å². The molecule has 0 aromatic rings. The highest BCUT2D eigenvalue weighted by atomic mass is 32.2. The van der Waals surface area contributed by atoms with Crippen LogP contribution in [0.15, 0.2) is 0 Å². The Balaban J connectivity index is 2.04. The Morgan fingerprint density at radius 3 is 2.63 bits per heavy atom. The van der Waals surface area contributed by atoms with E-state index in [-0.39, 0.29) is 31.1 Å². The van der Waals surface area contributed by atoms with E-state index in [1.807, 2.05) is 0 Å². The van der Waals surface area contributed by atoms with Gasteiger partial charge in [-0.1, -0.05) is 0 Å². The minimum absolute atomic E-state index is 0.00360. The second kappa shape index (κ2) is 6.47. The van der Waals surface area contributed by atoms with Crippen LogP contribution in [0.4, 0.5) is 4.79 Å². The van der Waals surface area contributed by atoms with E-state index in [4.69, 9.17) is 5.11 Å². The summed E-state index contributed by atoms with van der Waals surface area (Å²) < 4.78 is 0. The largest absolute Gasteiger partial charge is 0.481 e. The van der Waals surface area contributed by atoms with E-state index in [9.17, 15) is 14.7 Å². The van der Waals surface area contributed by atoms with E-state index in [2.05, 4.69) is 0 Å². The maximum atomic E-state index is 12.5. The lowest BCUT2D eigenvalue weighted by Crippen LogP contribution is -2.54. The van der Waals surface area contributed by atoms with Crippen molar-refractivity contribution in [2.45, 2.75) is 31.3 Å². The number of aliphatic hydroxyl groups is 1. The Morgan fingerprint density at radius 2 is 1.95 bits per heavy atom. The lowest BCUT2D eigenvalue weighted by atomic mass is 10.2. The van der Waals surface area contributed by atoms with Crippen molar-refractivity contribution < 1.29 is 19.8 Å². The highest BCUT2D eigenvalue weighted by molar-refractivity contribution is 7.99. The van der Waals surface area contributed by atoms with Crippen molar-refractivity contribution >= 4 is 23.8 Å². The highest BCUT2D eigenvalue weighted by Gasteiger charge is 2.36. The summed E-state index contributed by atoms with van der Waals surface area (Å²) in [4.78, 5) is 26.8. The van der Waals surface area contributed by atoms with Gasteiger partial charge in [0.15, 0.2) is 0 Å². The molecule has 2 unspecified atom stereocenters. The number of carbonyl (C=O) groups excluding carboxylic acids is 1. The highest BCUT2D eigenvalue weighted by Crippen LogP contribution is 2.24. The summed E-state index contributed by atoms with van der Waals surface area (Å²) in [6.07, 6.45) is 1.73. The molecule has 2 rings (SSSR count). The van der Waals surface area contributed by atoms with Crippen LogP contribution in [-0.4, -0.2) is 75.3 Å². The number of carbonyl (C=O) groups is 2. The number of hydrogen-bond donors (Lipinski definition) is 2.